The maximum absolute atomic E-state index is 11.3. The summed E-state index contributed by atoms with van der Waals surface area (Å²) < 4.78 is 0.951. The van der Waals surface area contributed by atoms with Gasteiger partial charge in [0.05, 0.1) is 11.6 Å². The lowest BCUT2D eigenvalue weighted by atomic mass is 10.0. The second kappa shape index (κ2) is 3.97. The van der Waals surface area contributed by atoms with Crippen LogP contribution >= 0.6 is 15.9 Å². The monoisotopic (exact) mass is 297 g/mol. The molecule has 2 aromatic rings. The SMILES string of the molecule is N#Cc1cc2ccc(Br)cc2c2c1=CC(=O)[N]C=2. The summed E-state index contributed by atoms with van der Waals surface area (Å²) in [5.41, 5.74) is 0.499. The summed E-state index contributed by atoms with van der Waals surface area (Å²) in [7, 11) is 0. The molecule has 0 saturated heterocycles. The lowest BCUT2D eigenvalue weighted by Gasteiger charge is -2.06. The third-order valence-electron chi connectivity index (χ3n) is 2.89. The third-order valence-corrected chi connectivity index (χ3v) is 3.39. The molecule has 0 spiro atoms. The van der Waals surface area contributed by atoms with Gasteiger partial charge >= 0.3 is 0 Å². The van der Waals surface area contributed by atoms with Gasteiger partial charge in [0.1, 0.15) is 0 Å². The number of hydrogen-bond acceptors (Lipinski definition) is 2. The zero-order chi connectivity index (χ0) is 12.7. The molecule has 18 heavy (non-hydrogen) atoms. The minimum absolute atomic E-state index is 0.326. The van der Waals surface area contributed by atoms with Crippen LogP contribution in [0.3, 0.4) is 0 Å². The molecule has 4 heteroatoms. The summed E-state index contributed by atoms with van der Waals surface area (Å²) >= 11 is 3.42. The first-order chi connectivity index (χ1) is 8.69. The third kappa shape index (κ3) is 1.60. The number of nitrogens with zero attached hydrogens (tertiary/aromatic N) is 2. The smallest absolute Gasteiger partial charge is 0.267 e. The van der Waals surface area contributed by atoms with Crippen molar-refractivity contribution in [2.75, 3.05) is 0 Å². The summed E-state index contributed by atoms with van der Waals surface area (Å²) in [6.45, 7) is 0. The zero-order valence-corrected chi connectivity index (χ0v) is 10.7. The van der Waals surface area contributed by atoms with Gasteiger partial charge in [0.15, 0.2) is 0 Å². The van der Waals surface area contributed by atoms with E-state index in [0.717, 1.165) is 20.5 Å². The van der Waals surface area contributed by atoms with Crippen LogP contribution in [0.15, 0.2) is 28.7 Å². The van der Waals surface area contributed by atoms with Gasteiger partial charge in [0.25, 0.3) is 5.91 Å². The lowest BCUT2D eigenvalue weighted by molar-refractivity contribution is -0.114. The highest BCUT2D eigenvalue weighted by Crippen LogP contribution is 2.17. The van der Waals surface area contributed by atoms with E-state index in [1.54, 1.807) is 6.07 Å². The highest BCUT2D eigenvalue weighted by molar-refractivity contribution is 9.10. The Balaban J connectivity index is 2.61. The van der Waals surface area contributed by atoms with Gasteiger partial charge in [-0.3, -0.25) is 4.79 Å². The molecule has 0 aliphatic carbocycles. The molecule has 85 valence electrons. The Morgan fingerprint density at radius 2 is 2.06 bits per heavy atom. The summed E-state index contributed by atoms with van der Waals surface area (Å²) in [6, 6.07) is 9.74. The van der Waals surface area contributed by atoms with E-state index >= 15 is 0 Å². The van der Waals surface area contributed by atoms with Crippen LogP contribution in [0.4, 0.5) is 0 Å². The number of hydrogen-bond donors (Lipinski definition) is 0. The maximum atomic E-state index is 11.3. The minimum Gasteiger partial charge on any atom is -0.267 e. The highest BCUT2D eigenvalue weighted by Gasteiger charge is 2.09. The molecule has 1 aliphatic rings. The molecular weight excluding hydrogens is 292 g/mol. The van der Waals surface area contributed by atoms with Crippen molar-refractivity contribution in [2.24, 2.45) is 0 Å². The van der Waals surface area contributed by atoms with Crippen LogP contribution in [-0.2, 0) is 4.79 Å². The van der Waals surface area contributed by atoms with Crippen LogP contribution in [0.1, 0.15) is 5.56 Å². The van der Waals surface area contributed by atoms with Gasteiger partial charge in [-0.1, -0.05) is 22.0 Å². The fourth-order valence-electron chi connectivity index (χ4n) is 2.09. The quantitative estimate of drug-likeness (QED) is 0.732. The normalized spacial score (nSPS) is 13.0. The first kappa shape index (κ1) is 11.0. The van der Waals surface area contributed by atoms with Gasteiger partial charge in [0, 0.05) is 27.2 Å². The molecule has 2 aromatic carbocycles. The Labute approximate surface area is 111 Å². The number of nitriles is 1. The van der Waals surface area contributed by atoms with Crippen molar-refractivity contribution < 1.29 is 4.79 Å². The first-order valence-electron chi connectivity index (χ1n) is 5.28. The first-order valence-corrected chi connectivity index (χ1v) is 6.07. The van der Waals surface area contributed by atoms with Gasteiger partial charge in [0.2, 0.25) is 0 Å². The second-order valence-corrected chi connectivity index (χ2v) is 4.89. The van der Waals surface area contributed by atoms with Crippen molar-refractivity contribution in [1.82, 2.24) is 5.32 Å². The molecule has 1 radical (unpaired) electrons. The molecule has 0 aromatic heterocycles. The van der Waals surface area contributed by atoms with Gasteiger partial charge in [-0.15, -0.1) is 0 Å². The van der Waals surface area contributed by atoms with E-state index in [4.69, 9.17) is 5.26 Å². The predicted molar refractivity (Wildman–Crippen MR) is 71.7 cm³/mol. The lowest BCUT2D eigenvalue weighted by Crippen LogP contribution is -2.35. The second-order valence-electron chi connectivity index (χ2n) is 3.97. The summed E-state index contributed by atoms with van der Waals surface area (Å²) in [5, 5.41) is 16.4. The van der Waals surface area contributed by atoms with Crippen LogP contribution in [0.5, 0.6) is 0 Å². The molecule has 0 atom stereocenters. The molecule has 0 saturated carbocycles. The van der Waals surface area contributed by atoms with Crippen molar-refractivity contribution >= 4 is 44.9 Å². The Morgan fingerprint density at radius 3 is 2.83 bits per heavy atom. The molecule has 0 N–H and O–H groups in total. The largest absolute Gasteiger partial charge is 0.270 e. The molecule has 3 rings (SSSR count). The molecule has 1 aliphatic heterocycles. The fraction of sp³-hybridized carbons (Fsp3) is 0. The average Bonchev–Trinajstić information content (AvgIpc) is 2.37. The van der Waals surface area contributed by atoms with Crippen molar-refractivity contribution in [3.05, 3.63) is 44.7 Å². The highest BCUT2D eigenvalue weighted by atomic mass is 79.9. The topological polar surface area (TPSA) is 55.0 Å². The van der Waals surface area contributed by atoms with Crippen molar-refractivity contribution in [3.63, 3.8) is 0 Å². The van der Waals surface area contributed by atoms with Crippen LogP contribution in [-0.4, -0.2) is 5.91 Å². The standard InChI is InChI=1S/C14H6BrN2O/c15-10-2-1-8-3-9(6-16)12-5-14(18)17-7-13(12)11(8)4-10/h1-5,7H. The summed E-state index contributed by atoms with van der Waals surface area (Å²) in [5.74, 6) is -0.326. The molecule has 0 bridgehead atoms. The van der Waals surface area contributed by atoms with E-state index in [1.807, 2.05) is 18.2 Å². The molecule has 1 heterocycles. The van der Waals surface area contributed by atoms with Gasteiger partial charge in [-0.25, -0.2) is 5.32 Å². The molecule has 0 unspecified atom stereocenters. The van der Waals surface area contributed by atoms with Gasteiger partial charge in [-0.2, -0.15) is 5.26 Å². The van der Waals surface area contributed by atoms with Crippen molar-refractivity contribution in [3.8, 4) is 6.07 Å². The Morgan fingerprint density at radius 1 is 1.22 bits per heavy atom. The van der Waals surface area contributed by atoms with E-state index in [9.17, 15) is 4.79 Å². The number of carbonyl (C=O) groups excluding carboxylic acids is 1. The number of benzene rings is 2. The van der Waals surface area contributed by atoms with Gasteiger partial charge < -0.3 is 0 Å². The van der Waals surface area contributed by atoms with E-state index in [1.165, 1.54) is 12.3 Å². The van der Waals surface area contributed by atoms with E-state index < -0.39 is 0 Å². The van der Waals surface area contributed by atoms with E-state index in [2.05, 4.69) is 27.3 Å². The number of amides is 1. The van der Waals surface area contributed by atoms with Crippen molar-refractivity contribution in [2.45, 2.75) is 0 Å². The van der Waals surface area contributed by atoms with Crippen molar-refractivity contribution in [1.29, 1.82) is 5.26 Å². The Bertz CT molecular complexity index is 847. The predicted octanol–water partition coefficient (Wildman–Crippen LogP) is 1.14. The summed E-state index contributed by atoms with van der Waals surface area (Å²) in [4.78, 5) is 11.3. The maximum Gasteiger partial charge on any atom is 0.270 e. The Hall–Kier alpha value is -2.12. The molecule has 3 nitrogen and oxygen atoms in total. The van der Waals surface area contributed by atoms with Crippen LogP contribution in [0.2, 0.25) is 0 Å². The molecule has 0 fully saturated rings. The zero-order valence-electron chi connectivity index (χ0n) is 9.14. The summed E-state index contributed by atoms with van der Waals surface area (Å²) in [6.07, 6.45) is 2.95. The number of halogens is 1. The van der Waals surface area contributed by atoms with E-state index in [0.29, 0.717) is 10.8 Å². The van der Waals surface area contributed by atoms with Gasteiger partial charge in [-0.05, 0) is 29.0 Å². The molecule has 1 amide bonds. The average molecular weight is 298 g/mol. The minimum atomic E-state index is -0.326. The van der Waals surface area contributed by atoms with Crippen LogP contribution in [0.25, 0.3) is 23.0 Å². The Kier molecular flexibility index (Phi) is 2.42. The fourth-order valence-corrected chi connectivity index (χ4v) is 2.45. The molecular formula is C14H6BrN2O. The number of fused-ring (bicyclic) bond motifs is 3. The number of carbonyl (C=O) groups is 1. The number of rotatable bonds is 0. The van der Waals surface area contributed by atoms with Crippen LogP contribution in [0, 0.1) is 11.3 Å². The van der Waals surface area contributed by atoms with E-state index in [-0.39, 0.29) is 5.91 Å². The van der Waals surface area contributed by atoms with Crippen LogP contribution < -0.4 is 15.8 Å².